The molecule has 1 aromatic rings. The molecule has 0 saturated heterocycles. The van der Waals surface area contributed by atoms with Gasteiger partial charge in [-0.3, -0.25) is 4.79 Å². The van der Waals surface area contributed by atoms with Crippen LogP contribution in [-0.2, 0) is 4.79 Å². The first-order valence-corrected chi connectivity index (χ1v) is 8.50. The van der Waals surface area contributed by atoms with Gasteiger partial charge in [0.2, 0.25) is 0 Å². The molecule has 2 fully saturated rings. The number of carbonyl (C=O) groups is 1. The Kier molecular flexibility index (Phi) is 5.17. The third-order valence-electron chi connectivity index (χ3n) is 5.10. The molecular formula is C20H24O4. The molecule has 0 unspecified atom stereocenters. The standard InChI is InChI=1S/C20H24O4/c1-13-11-17-16(19(22)12-18(17)20(13)23)8-7-14(21)9-10-24-15-5-3-2-4-6-15/h2-8,14,16-19,21-22H,1,9-12H2/b8-7+/t14-,16+,17+,18+,19-/m1/s1. The van der Waals surface area contributed by atoms with Crippen molar-refractivity contribution in [1.82, 2.24) is 0 Å². The highest BCUT2D eigenvalue weighted by atomic mass is 16.5. The van der Waals surface area contributed by atoms with Crippen LogP contribution < -0.4 is 4.74 Å². The molecule has 2 saturated carbocycles. The minimum Gasteiger partial charge on any atom is -0.493 e. The number of fused-ring (bicyclic) bond motifs is 1. The molecule has 0 aliphatic heterocycles. The Bertz CT molecular complexity index is 622. The first kappa shape index (κ1) is 16.9. The largest absolute Gasteiger partial charge is 0.493 e. The fraction of sp³-hybridized carbons (Fsp3) is 0.450. The predicted octanol–water partition coefficient (Wildman–Crippen LogP) is 2.51. The van der Waals surface area contributed by atoms with Crippen LogP contribution in [0.5, 0.6) is 5.75 Å². The molecule has 0 aromatic heterocycles. The highest BCUT2D eigenvalue weighted by Gasteiger charge is 2.49. The van der Waals surface area contributed by atoms with E-state index in [1.165, 1.54) is 0 Å². The van der Waals surface area contributed by atoms with Gasteiger partial charge in [-0.1, -0.05) is 36.9 Å². The Hall–Kier alpha value is -1.91. The lowest BCUT2D eigenvalue weighted by Gasteiger charge is -2.17. The summed E-state index contributed by atoms with van der Waals surface area (Å²) >= 11 is 0. The van der Waals surface area contributed by atoms with Gasteiger partial charge in [0.15, 0.2) is 5.78 Å². The summed E-state index contributed by atoms with van der Waals surface area (Å²) in [6, 6.07) is 9.48. The first-order chi connectivity index (χ1) is 11.6. The number of rotatable bonds is 6. The molecule has 1 aromatic carbocycles. The third-order valence-corrected chi connectivity index (χ3v) is 5.10. The van der Waals surface area contributed by atoms with Gasteiger partial charge in [0, 0.05) is 18.3 Å². The zero-order valence-electron chi connectivity index (χ0n) is 13.7. The number of Topliss-reactive ketones (excluding diaryl/α,β-unsaturated/α-hetero) is 1. The normalized spacial score (nSPS) is 30.8. The Balaban J connectivity index is 1.49. The Morgan fingerprint density at radius 1 is 1.33 bits per heavy atom. The van der Waals surface area contributed by atoms with Gasteiger partial charge < -0.3 is 14.9 Å². The van der Waals surface area contributed by atoms with Crippen molar-refractivity contribution in [3.63, 3.8) is 0 Å². The minimum atomic E-state index is -0.625. The summed E-state index contributed by atoms with van der Waals surface area (Å²) in [5, 5.41) is 20.3. The molecule has 0 radical (unpaired) electrons. The van der Waals surface area contributed by atoms with E-state index in [2.05, 4.69) is 6.58 Å². The van der Waals surface area contributed by atoms with Gasteiger partial charge in [0.25, 0.3) is 0 Å². The van der Waals surface area contributed by atoms with Crippen molar-refractivity contribution < 1.29 is 19.7 Å². The van der Waals surface area contributed by atoms with Crippen LogP contribution in [0.1, 0.15) is 19.3 Å². The number of para-hydroxylation sites is 1. The molecule has 24 heavy (non-hydrogen) atoms. The summed E-state index contributed by atoms with van der Waals surface area (Å²) in [4.78, 5) is 12.0. The molecule has 0 spiro atoms. The summed E-state index contributed by atoms with van der Waals surface area (Å²) < 4.78 is 5.57. The Morgan fingerprint density at radius 2 is 2.08 bits per heavy atom. The van der Waals surface area contributed by atoms with E-state index in [9.17, 15) is 15.0 Å². The Morgan fingerprint density at radius 3 is 2.83 bits per heavy atom. The quantitative estimate of drug-likeness (QED) is 0.622. The first-order valence-electron chi connectivity index (χ1n) is 8.50. The molecule has 4 heteroatoms. The van der Waals surface area contributed by atoms with Crippen molar-refractivity contribution >= 4 is 5.78 Å². The van der Waals surface area contributed by atoms with Gasteiger partial charge in [-0.2, -0.15) is 0 Å². The van der Waals surface area contributed by atoms with Crippen LogP contribution in [0.4, 0.5) is 0 Å². The van der Waals surface area contributed by atoms with Crippen molar-refractivity contribution in [1.29, 1.82) is 0 Å². The van der Waals surface area contributed by atoms with Gasteiger partial charge in [-0.05, 0) is 36.5 Å². The maximum atomic E-state index is 12.0. The minimum absolute atomic E-state index is 0.0807. The van der Waals surface area contributed by atoms with Gasteiger partial charge in [0.05, 0.1) is 18.8 Å². The molecule has 4 nitrogen and oxygen atoms in total. The topological polar surface area (TPSA) is 66.8 Å². The smallest absolute Gasteiger partial charge is 0.161 e. The monoisotopic (exact) mass is 328 g/mol. The number of hydrogen-bond donors (Lipinski definition) is 2. The van der Waals surface area contributed by atoms with Crippen molar-refractivity contribution in [2.24, 2.45) is 17.8 Å². The second-order valence-electron chi connectivity index (χ2n) is 6.73. The lowest BCUT2D eigenvalue weighted by Crippen LogP contribution is -2.18. The summed E-state index contributed by atoms with van der Waals surface area (Å²) in [5.41, 5.74) is 0.673. The molecule has 0 heterocycles. The highest BCUT2D eigenvalue weighted by Crippen LogP contribution is 2.48. The highest BCUT2D eigenvalue weighted by molar-refractivity contribution is 5.99. The van der Waals surface area contributed by atoms with Crippen molar-refractivity contribution in [2.45, 2.75) is 31.5 Å². The van der Waals surface area contributed by atoms with Crippen LogP contribution >= 0.6 is 0 Å². The summed E-state index contributed by atoms with van der Waals surface area (Å²) in [7, 11) is 0. The van der Waals surface area contributed by atoms with E-state index in [0.29, 0.717) is 31.4 Å². The van der Waals surface area contributed by atoms with E-state index in [0.717, 1.165) is 5.75 Å². The van der Waals surface area contributed by atoms with E-state index >= 15 is 0 Å². The molecular weight excluding hydrogens is 304 g/mol. The number of carbonyl (C=O) groups excluding carboxylic acids is 1. The predicted molar refractivity (Wildman–Crippen MR) is 91.6 cm³/mol. The fourth-order valence-electron chi connectivity index (χ4n) is 3.81. The number of benzene rings is 1. The zero-order chi connectivity index (χ0) is 17.1. The van der Waals surface area contributed by atoms with E-state index < -0.39 is 12.2 Å². The molecule has 2 aliphatic carbocycles. The lowest BCUT2D eigenvalue weighted by atomic mass is 9.90. The number of ether oxygens (including phenoxy) is 1. The van der Waals surface area contributed by atoms with Crippen LogP contribution in [0.25, 0.3) is 0 Å². The van der Waals surface area contributed by atoms with Gasteiger partial charge >= 0.3 is 0 Å². The molecule has 128 valence electrons. The summed E-state index contributed by atoms with van der Waals surface area (Å²) in [6.07, 6.45) is 4.09. The molecule has 0 amide bonds. The summed E-state index contributed by atoms with van der Waals surface area (Å²) in [5.74, 6) is 0.838. The Labute approximate surface area is 142 Å². The number of allylic oxidation sites excluding steroid dienone is 1. The molecule has 2 N–H and O–H groups in total. The van der Waals surface area contributed by atoms with E-state index in [-0.39, 0.29) is 23.5 Å². The van der Waals surface area contributed by atoms with Crippen LogP contribution in [0.15, 0.2) is 54.6 Å². The van der Waals surface area contributed by atoms with Gasteiger partial charge in [0.1, 0.15) is 5.75 Å². The number of aliphatic hydroxyl groups is 2. The van der Waals surface area contributed by atoms with E-state index in [4.69, 9.17) is 4.74 Å². The average Bonchev–Trinajstić information content (AvgIpc) is 3.02. The van der Waals surface area contributed by atoms with E-state index in [1.54, 1.807) is 6.08 Å². The molecule has 2 aliphatic rings. The van der Waals surface area contributed by atoms with E-state index in [1.807, 2.05) is 36.4 Å². The van der Waals surface area contributed by atoms with Crippen molar-refractivity contribution in [3.05, 3.63) is 54.6 Å². The maximum Gasteiger partial charge on any atom is 0.161 e. The van der Waals surface area contributed by atoms with Crippen LogP contribution in [0, 0.1) is 17.8 Å². The van der Waals surface area contributed by atoms with Gasteiger partial charge in [-0.15, -0.1) is 0 Å². The average molecular weight is 328 g/mol. The van der Waals surface area contributed by atoms with Gasteiger partial charge in [-0.25, -0.2) is 0 Å². The van der Waals surface area contributed by atoms with Crippen LogP contribution in [0.3, 0.4) is 0 Å². The number of aliphatic hydroxyl groups excluding tert-OH is 2. The summed E-state index contributed by atoms with van der Waals surface area (Å²) in [6.45, 7) is 4.24. The second-order valence-corrected chi connectivity index (χ2v) is 6.73. The van der Waals surface area contributed by atoms with Crippen LogP contribution in [0.2, 0.25) is 0 Å². The molecule has 0 bridgehead atoms. The SMILES string of the molecule is C=C1C[C@H]2[C@H](/C=C/[C@@H](O)CCOc3ccccc3)[C@H](O)C[C@@H]2C1=O. The molecule has 3 rings (SSSR count). The zero-order valence-corrected chi connectivity index (χ0v) is 13.7. The second kappa shape index (κ2) is 7.32. The van der Waals surface area contributed by atoms with Crippen molar-refractivity contribution in [3.8, 4) is 5.75 Å². The molecule has 5 atom stereocenters. The maximum absolute atomic E-state index is 12.0. The third kappa shape index (κ3) is 3.60. The number of hydrogen-bond acceptors (Lipinski definition) is 4. The van der Waals surface area contributed by atoms with Crippen LogP contribution in [-0.4, -0.2) is 34.8 Å². The van der Waals surface area contributed by atoms with Crippen molar-refractivity contribution in [2.75, 3.05) is 6.61 Å². The fourth-order valence-corrected chi connectivity index (χ4v) is 3.81. The number of ketones is 1. The lowest BCUT2D eigenvalue weighted by molar-refractivity contribution is -0.118.